The van der Waals surface area contributed by atoms with Crippen LogP contribution >= 0.6 is 0 Å². The van der Waals surface area contributed by atoms with Crippen LogP contribution in [0.2, 0.25) is 0 Å². The molecule has 0 amide bonds. The fourth-order valence-electron chi connectivity index (χ4n) is 4.40. The third kappa shape index (κ3) is 4.15. The predicted molar refractivity (Wildman–Crippen MR) is 123 cm³/mol. The number of hydrogen-bond acceptors (Lipinski definition) is 2. The summed E-state index contributed by atoms with van der Waals surface area (Å²) >= 11 is 0. The SMILES string of the molecule is CC1CCCc2c1ccc1c2ccc2ccccc21.O=C(O)c1ccc(C(=O)O)cc1. The van der Waals surface area contributed by atoms with Crippen LogP contribution in [0.4, 0.5) is 0 Å². The number of hydrogen-bond donors (Lipinski definition) is 2. The van der Waals surface area contributed by atoms with Gasteiger partial charge in [0.05, 0.1) is 11.1 Å². The Labute approximate surface area is 180 Å². The van der Waals surface area contributed by atoms with Crippen molar-refractivity contribution in [3.63, 3.8) is 0 Å². The quantitative estimate of drug-likeness (QED) is 0.368. The van der Waals surface area contributed by atoms with E-state index in [-0.39, 0.29) is 11.1 Å². The number of fused-ring (bicyclic) bond motifs is 5. The normalized spacial score (nSPS) is 15.1. The predicted octanol–water partition coefficient (Wildman–Crippen LogP) is 6.52. The second kappa shape index (κ2) is 8.60. The molecular weight excluding hydrogens is 388 g/mol. The third-order valence-corrected chi connectivity index (χ3v) is 6.05. The van der Waals surface area contributed by atoms with Gasteiger partial charge in [0, 0.05) is 0 Å². The summed E-state index contributed by atoms with van der Waals surface area (Å²) in [4.78, 5) is 20.7. The van der Waals surface area contributed by atoms with Gasteiger partial charge in [0.2, 0.25) is 0 Å². The minimum Gasteiger partial charge on any atom is -0.478 e. The molecule has 4 nitrogen and oxygen atoms in total. The summed E-state index contributed by atoms with van der Waals surface area (Å²) in [7, 11) is 0. The zero-order valence-corrected chi connectivity index (χ0v) is 17.3. The maximum absolute atomic E-state index is 10.3. The van der Waals surface area contributed by atoms with Crippen molar-refractivity contribution in [2.75, 3.05) is 0 Å². The topological polar surface area (TPSA) is 74.6 Å². The molecule has 0 fully saturated rings. The molecule has 0 heterocycles. The number of carboxylic acids is 2. The summed E-state index contributed by atoms with van der Waals surface area (Å²) in [5, 5.41) is 22.6. The van der Waals surface area contributed by atoms with Crippen LogP contribution in [0.1, 0.15) is 57.5 Å². The molecular formula is C27H24O4. The summed E-state index contributed by atoms with van der Waals surface area (Å²) in [6.07, 6.45) is 3.92. The molecule has 156 valence electrons. The highest BCUT2D eigenvalue weighted by Gasteiger charge is 2.18. The largest absolute Gasteiger partial charge is 0.478 e. The molecule has 0 saturated carbocycles. The van der Waals surface area contributed by atoms with Gasteiger partial charge in [0.15, 0.2) is 0 Å². The van der Waals surface area contributed by atoms with Crippen molar-refractivity contribution < 1.29 is 19.8 Å². The summed E-state index contributed by atoms with van der Waals surface area (Å²) in [5.41, 5.74) is 3.34. The van der Waals surface area contributed by atoms with Gasteiger partial charge in [-0.1, -0.05) is 55.5 Å². The van der Waals surface area contributed by atoms with E-state index in [9.17, 15) is 9.59 Å². The first kappa shape index (κ1) is 20.6. The zero-order valence-electron chi connectivity index (χ0n) is 17.3. The monoisotopic (exact) mass is 412 g/mol. The van der Waals surface area contributed by atoms with Gasteiger partial charge < -0.3 is 10.2 Å². The Hall–Kier alpha value is -3.66. The van der Waals surface area contributed by atoms with Crippen molar-refractivity contribution in [1.82, 2.24) is 0 Å². The molecule has 4 aromatic rings. The van der Waals surface area contributed by atoms with E-state index in [1.54, 1.807) is 11.1 Å². The fourth-order valence-corrected chi connectivity index (χ4v) is 4.40. The summed E-state index contributed by atoms with van der Waals surface area (Å²) < 4.78 is 0. The van der Waals surface area contributed by atoms with Crippen LogP contribution in [0.25, 0.3) is 21.5 Å². The number of aromatic carboxylic acids is 2. The molecule has 0 spiro atoms. The Balaban J connectivity index is 0.000000168. The Morgan fingerprint density at radius 2 is 1.35 bits per heavy atom. The number of rotatable bonds is 2. The minimum atomic E-state index is -1.06. The van der Waals surface area contributed by atoms with Gasteiger partial charge in [-0.15, -0.1) is 0 Å². The molecule has 1 atom stereocenters. The number of carboxylic acid groups (broad SMARTS) is 2. The molecule has 2 N–H and O–H groups in total. The lowest BCUT2D eigenvalue weighted by Crippen LogP contribution is -2.07. The van der Waals surface area contributed by atoms with Crippen LogP contribution in [0, 0.1) is 0 Å². The van der Waals surface area contributed by atoms with Crippen molar-refractivity contribution in [3.05, 3.63) is 95.1 Å². The standard InChI is InChI=1S/C19H18.C8H6O4/c1-13-5-4-8-17-15(13)11-12-18-16-7-3-2-6-14(16)9-10-19(17)18;9-7(10)5-1-2-6(4-3-5)8(11)12/h2-3,6-7,9-13H,4-5,8H2,1H3;1-4H,(H,9,10)(H,11,12). The number of benzene rings is 4. The fraction of sp³-hybridized carbons (Fsp3) is 0.185. The second-order valence-electron chi connectivity index (χ2n) is 8.00. The van der Waals surface area contributed by atoms with Crippen LogP contribution in [-0.4, -0.2) is 22.2 Å². The minimum absolute atomic E-state index is 0.0833. The van der Waals surface area contributed by atoms with Crippen LogP contribution in [-0.2, 0) is 6.42 Å². The van der Waals surface area contributed by atoms with Crippen LogP contribution in [0.15, 0.2) is 72.8 Å². The zero-order chi connectivity index (χ0) is 22.0. The van der Waals surface area contributed by atoms with Crippen molar-refractivity contribution in [2.24, 2.45) is 0 Å². The van der Waals surface area contributed by atoms with Gasteiger partial charge in [0.1, 0.15) is 0 Å². The highest BCUT2D eigenvalue weighted by atomic mass is 16.4. The molecule has 5 rings (SSSR count). The van der Waals surface area contributed by atoms with Crippen LogP contribution in [0.5, 0.6) is 0 Å². The first-order chi connectivity index (χ1) is 15.0. The van der Waals surface area contributed by atoms with E-state index in [4.69, 9.17) is 10.2 Å². The molecule has 0 bridgehead atoms. The van der Waals surface area contributed by atoms with E-state index in [1.165, 1.54) is 65.1 Å². The lowest BCUT2D eigenvalue weighted by Gasteiger charge is -2.24. The molecule has 1 aliphatic carbocycles. The third-order valence-electron chi connectivity index (χ3n) is 6.05. The smallest absolute Gasteiger partial charge is 0.335 e. The van der Waals surface area contributed by atoms with Crippen molar-refractivity contribution >= 4 is 33.5 Å². The van der Waals surface area contributed by atoms with E-state index in [2.05, 4.69) is 55.5 Å². The first-order valence-electron chi connectivity index (χ1n) is 10.5. The van der Waals surface area contributed by atoms with Crippen molar-refractivity contribution in [2.45, 2.75) is 32.1 Å². The molecule has 0 saturated heterocycles. The molecule has 31 heavy (non-hydrogen) atoms. The van der Waals surface area contributed by atoms with E-state index in [0.717, 1.165) is 5.92 Å². The highest BCUT2D eigenvalue weighted by Crippen LogP contribution is 2.37. The van der Waals surface area contributed by atoms with E-state index >= 15 is 0 Å². The molecule has 1 unspecified atom stereocenters. The maximum atomic E-state index is 10.3. The van der Waals surface area contributed by atoms with Crippen LogP contribution < -0.4 is 0 Å². The van der Waals surface area contributed by atoms with Gasteiger partial charge in [-0.25, -0.2) is 9.59 Å². The average molecular weight is 412 g/mol. The summed E-state index contributed by atoms with van der Waals surface area (Å²) in [5.74, 6) is -1.40. The molecule has 0 aromatic heterocycles. The molecule has 4 aromatic carbocycles. The highest BCUT2D eigenvalue weighted by molar-refractivity contribution is 6.08. The van der Waals surface area contributed by atoms with Gasteiger partial charge in [-0.3, -0.25) is 0 Å². The average Bonchev–Trinajstić information content (AvgIpc) is 2.79. The Kier molecular flexibility index (Phi) is 5.72. The van der Waals surface area contributed by atoms with E-state index in [1.807, 2.05) is 0 Å². The van der Waals surface area contributed by atoms with Gasteiger partial charge >= 0.3 is 11.9 Å². The molecule has 0 radical (unpaired) electrons. The van der Waals surface area contributed by atoms with Gasteiger partial charge in [-0.2, -0.15) is 0 Å². The Morgan fingerprint density at radius 3 is 2.00 bits per heavy atom. The first-order valence-corrected chi connectivity index (χ1v) is 10.5. The van der Waals surface area contributed by atoms with Crippen molar-refractivity contribution in [3.8, 4) is 0 Å². The van der Waals surface area contributed by atoms with Crippen LogP contribution in [0.3, 0.4) is 0 Å². The molecule has 4 heteroatoms. The Bertz CT molecular complexity index is 1240. The maximum Gasteiger partial charge on any atom is 0.335 e. The second-order valence-corrected chi connectivity index (χ2v) is 8.00. The lowest BCUT2D eigenvalue weighted by atomic mass is 9.81. The van der Waals surface area contributed by atoms with E-state index in [0.29, 0.717) is 0 Å². The summed E-state index contributed by atoms with van der Waals surface area (Å²) in [6, 6.07) is 23.0. The number of aryl methyl sites for hydroxylation is 1. The number of carbonyl (C=O) groups is 2. The van der Waals surface area contributed by atoms with Gasteiger partial charge in [0.25, 0.3) is 0 Å². The molecule has 0 aliphatic heterocycles. The van der Waals surface area contributed by atoms with Gasteiger partial charge in [-0.05, 0) is 82.1 Å². The lowest BCUT2D eigenvalue weighted by molar-refractivity contribution is 0.0681. The van der Waals surface area contributed by atoms with E-state index < -0.39 is 11.9 Å². The molecule has 1 aliphatic rings. The van der Waals surface area contributed by atoms with Crippen molar-refractivity contribution in [1.29, 1.82) is 0 Å². The summed E-state index contributed by atoms with van der Waals surface area (Å²) in [6.45, 7) is 2.37. The Morgan fingerprint density at radius 1 is 0.742 bits per heavy atom.